The van der Waals surface area contributed by atoms with Crippen molar-refractivity contribution in [2.24, 2.45) is 11.8 Å². The molecule has 18 heavy (non-hydrogen) atoms. The van der Waals surface area contributed by atoms with Crippen LogP contribution < -0.4 is 0 Å². The fourth-order valence-corrected chi connectivity index (χ4v) is 3.21. The van der Waals surface area contributed by atoms with E-state index in [1.807, 2.05) is 13.0 Å². The topological polar surface area (TPSA) is 46.5 Å². The molecular weight excluding hydrogens is 228 g/mol. The van der Waals surface area contributed by atoms with E-state index in [9.17, 15) is 9.90 Å². The highest BCUT2D eigenvalue weighted by Gasteiger charge is 2.55. The summed E-state index contributed by atoms with van der Waals surface area (Å²) in [6, 6.07) is 0. The Kier molecular flexibility index (Phi) is 2.93. The summed E-state index contributed by atoms with van der Waals surface area (Å²) >= 11 is 0. The van der Waals surface area contributed by atoms with Gasteiger partial charge >= 0.3 is 5.97 Å². The van der Waals surface area contributed by atoms with Crippen molar-refractivity contribution in [1.82, 2.24) is 0 Å². The molecule has 1 spiro atoms. The van der Waals surface area contributed by atoms with Gasteiger partial charge in [-0.3, -0.25) is 0 Å². The first-order valence-corrected chi connectivity index (χ1v) is 6.53. The molecule has 1 N–H and O–H groups in total. The van der Waals surface area contributed by atoms with E-state index in [1.54, 1.807) is 13.8 Å². The summed E-state index contributed by atoms with van der Waals surface area (Å²) in [5.41, 5.74) is -0.316. The van der Waals surface area contributed by atoms with Crippen LogP contribution in [0.15, 0.2) is 23.8 Å². The van der Waals surface area contributed by atoms with Crippen LogP contribution in [0.25, 0.3) is 0 Å². The van der Waals surface area contributed by atoms with E-state index in [4.69, 9.17) is 4.74 Å². The molecule has 0 saturated heterocycles. The molecule has 0 radical (unpaired) electrons. The summed E-state index contributed by atoms with van der Waals surface area (Å²) in [6.07, 6.45) is 3.85. The Morgan fingerprint density at radius 1 is 1.56 bits per heavy atom. The van der Waals surface area contributed by atoms with Crippen molar-refractivity contribution < 1.29 is 14.6 Å². The molecule has 1 heterocycles. The molecule has 2 aliphatic rings. The third-order valence-electron chi connectivity index (χ3n) is 4.32. The van der Waals surface area contributed by atoms with E-state index in [2.05, 4.69) is 13.5 Å². The number of ether oxygens (including phenoxy) is 1. The highest BCUT2D eigenvalue weighted by Crippen LogP contribution is 2.51. The minimum Gasteiger partial charge on any atom is -0.450 e. The Hall–Kier alpha value is -1.09. The van der Waals surface area contributed by atoms with Crippen LogP contribution in [0.1, 0.15) is 40.5 Å². The molecule has 1 fully saturated rings. The number of hydrogen-bond donors (Lipinski definition) is 1. The molecule has 100 valence electrons. The second-order valence-electron chi connectivity index (χ2n) is 6.24. The first-order valence-electron chi connectivity index (χ1n) is 6.53. The maximum atomic E-state index is 12.0. The minimum absolute atomic E-state index is 0.163. The van der Waals surface area contributed by atoms with Crippen LogP contribution in [0.2, 0.25) is 0 Å². The van der Waals surface area contributed by atoms with Crippen molar-refractivity contribution in [3.8, 4) is 0 Å². The molecule has 2 rings (SSSR count). The van der Waals surface area contributed by atoms with Crippen LogP contribution in [0.5, 0.6) is 0 Å². The third-order valence-corrected chi connectivity index (χ3v) is 4.32. The predicted molar refractivity (Wildman–Crippen MR) is 69.9 cm³/mol. The summed E-state index contributed by atoms with van der Waals surface area (Å²) in [5, 5.41) is 10.1. The normalized spacial score (nSPS) is 35.8. The van der Waals surface area contributed by atoms with E-state index < -0.39 is 11.2 Å². The van der Waals surface area contributed by atoms with Crippen LogP contribution >= 0.6 is 0 Å². The van der Waals surface area contributed by atoms with Gasteiger partial charge in [-0.15, -0.1) is 0 Å². The van der Waals surface area contributed by atoms with Gasteiger partial charge in [0.05, 0.1) is 11.2 Å². The van der Waals surface area contributed by atoms with Gasteiger partial charge in [0.25, 0.3) is 0 Å². The van der Waals surface area contributed by atoms with Crippen molar-refractivity contribution >= 4 is 5.97 Å². The lowest BCUT2D eigenvalue weighted by molar-refractivity contribution is -0.152. The molecule has 3 atom stereocenters. The minimum atomic E-state index is -1.15. The summed E-state index contributed by atoms with van der Waals surface area (Å²) in [6.45, 7) is 11.3. The van der Waals surface area contributed by atoms with Gasteiger partial charge in [-0.25, -0.2) is 4.79 Å². The summed E-state index contributed by atoms with van der Waals surface area (Å²) in [5.74, 6) is 0.0433. The number of carbonyl (C=O) groups is 1. The lowest BCUT2D eigenvalue weighted by Gasteiger charge is -2.32. The molecule has 1 saturated carbocycles. The van der Waals surface area contributed by atoms with E-state index in [1.165, 1.54) is 0 Å². The standard InChI is InChI=1S/C15H22O3/c1-9(2)11-7-6-10(3)15(11)8-12(13(16)18-15)14(4,5)17/h8,10-11,17H,1,6-7H2,2-5H3/t10-,11+,15+/m1/s1. The van der Waals surface area contributed by atoms with Gasteiger partial charge in [-0.05, 0) is 39.7 Å². The molecule has 1 aliphatic carbocycles. The molecule has 0 aromatic heterocycles. The first-order chi connectivity index (χ1) is 8.18. The van der Waals surface area contributed by atoms with Gasteiger partial charge in [-0.1, -0.05) is 19.1 Å². The molecule has 3 heteroatoms. The molecule has 1 aliphatic heterocycles. The number of rotatable bonds is 2. The Balaban J connectivity index is 2.46. The number of hydrogen-bond acceptors (Lipinski definition) is 3. The average Bonchev–Trinajstić information content (AvgIpc) is 2.70. The zero-order valence-corrected chi connectivity index (χ0v) is 11.6. The maximum Gasteiger partial charge on any atom is 0.337 e. The van der Waals surface area contributed by atoms with Crippen molar-refractivity contribution in [1.29, 1.82) is 0 Å². The van der Waals surface area contributed by atoms with Crippen LogP contribution in [-0.4, -0.2) is 22.3 Å². The van der Waals surface area contributed by atoms with Crippen molar-refractivity contribution in [2.75, 3.05) is 0 Å². The molecular formula is C15H22O3. The summed E-state index contributed by atoms with van der Waals surface area (Å²) < 4.78 is 5.68. The second-order valence-corrected chi connectivity index (χ2v) is 6.24. The van der Waals surface area contributed by atoms with Crippen LogP contribution in [-0.2, 0) is 9.53 Å². The summed E-state index contributed by atoms with van der Waals surface area (Å²) in [4.78, 5) is 12.0. The Bertz CT molecular complexity index is 428. The molecule has 0 bridgehead atoms. The van der Waals surface area contributed by atoms with Gasteiger partial charge in [0.2, 0.25) is 0 Å². The van der Waals surface area contributed by atoms with Crippen LogP contribution in [0, 0.1) is 11.8 Å². The quantitative estimate of drug-likeness (QED) is 0.605. The molecule has 3 nitrogen and oxygen atoms in total. The van der Waals surface area contributed by atoms with E-state index in [0.29, 0.717) is 5.57 Å². The third kappa shape index (κ3) is 1.81. The lowest BCUT2D eigenvalue weighted by Crippen LogP contribution is -2.38. The average molecular weight is 250 g/mol. The fraction of sp³-hybridized carbons (Fsp3) is 0.667. The Morgan fingerprint density at radius 3 is 2.61 bits per heavy atom. The summed E-state index contributed by atoms with van der Waals surface area (Å²) in [7, 11) is 0. The van der Waals surface area contributed by atoms with Gasteiger partial charge in [0.1, 0.15) is 5.60 Å². The number of esters is 1. The molecule has 0 aromatic carbocycles. The highest BCUT2D eigenvalue weighted by atomic mass is 16.6. The predicted octanol–water partition coefficient (Wildman–Crippen LogP) is 2.60. The van der Waals surface area contributed by atoms with Gasteiger partial charge in [0, 0.05) is 11.8 Å². The van der Waals surface area contributed by atoms with Crippen molar-refractivity contribution in [3.05, 3.63) is 23.8 Å². The number of carbonyl (C=O) groups excluding carboxylic acids is 1. The van der Waals surface area contributed by atoms with Gasteiger partial charge in [-0.2, -0.15) is 0 Å². The maximum absolute atomic E-state index is 12.0. The first kappa shape index (κ1) is 13.3. The lowest BCUT2D eigenvalue weighted by atomic mass is 9.80. The SMILES string of the molecule is C=C(C)[C@@H]1CC[C@@H](C)[C@@]12C=C(C(C)(C)O)C(=O)O2. The second kappa shape index (κ2) is 3.95. The zero-order chi connectivity index (χ0) is 13.7. The van der Waals surface area contributed by atoms with Gasteiger partial charge in [0.15, 0.2) is 0 Å². The smallest absolute Gasteiger partial charge is 0.337 e. The molecule has 0 unspecified atom stereocenters. The van der Waals surface area contributed by atoms with E-state index in [0.717, 1.165) is 18.4 Å². The van der Waals surface area contributed by atoms with E-state index in [-0.39, 0.29) is 17.8 Å². The van der Waals surface area contributed by atoms with Crippen LogP contribution in [0.3, 0.4) is 0 Å². The Morgan fingerprint density at radius 2 is 2.17 bits per heavy atom. The van der Waals surface area contributed by atoms with Crippen LogP contribution in [0.4, 0.5) is 0 Å². The zero-order valence-electron chi connectivity index (χ0n) is 11.6. The monoisotopic (exact) mass is 250 g/mol. The van der Waals surface area contributed by atoms with Crippen molar-refractivity contribution in [2.45, 2.75) is 51.7 Å². The largest absolute Gasteiger partial charge is 0.450 e. The van der Waals surface area contributed by atoms with E-state index >= 15 is 0 Å². The Labute approximate surface area is 109 Å². The highest BCUT2D eigenvalue weighted by molar-refractivity contribution is 5.93. The molecule has 0 amide bonds. The van der Waals surface area contributed by atoms with Crippen molar-refractivity contribution in [3.63, 3.8) is 0 Å². The molecule has 0 aromatic rings. The van der Waals surface area contributed by atoms with Gasteiger partial charge < -0.3 is 9.84 Å². The number of aliphatic hydroxyl groups is 1. The fourth-order valence-electron chi connectivity index (χ4n) is 3.21.